The average Bonchev–Trinajstić information content (AvgIpc) is 2.27. The van der Waals surface area contributed by atoms with Crippen LogP contribution >= 0.6 is 0 Å². The van der Waals surface area contributed by atoms with Gasteiger partial charge in [0.1, 0.15) is 11.6 Å². The highest BCUT2D eigenvalue weighted by Gasteiger charge is 2.18. The molecule has 0 bridgehead atoms. The van der Waals surface area contributed by atoms with Crippen molar-refractivity contribution in [2.45, 2.75) is 19.4 Å². The van der Waals surface area contributed by atoms with Gasteiger partial charge in [-0.2, -0.15) is 0 Å². The van der Waals surface area contributed by atoms with E-state index in [1.165, 1.54) is 12.1 Å². The summed E-state index contributed by atoms with van der Waals surface area (Å²) in [7, 11) is 1.86. The molecule has 0 aliphatic carbocycles. The summed E-state index contributed by atoms with van der Waals surface area (Å²) in [5.74, 6) is 2.35. The van der Waals surface area contributed by atoms with Crippen LogP contribution in [0.3, 0.4) is 0 Å². The van der Waals surface area contributed by atoms with E-state index in [2.05, 4.69) is 5.92 Å². The molecule has 0 spiro atoms. The van der Waals surface area contributed by atoms with Crippen molar-refractivity contribution in [3.8, 4) is 12.3 Å². The molecule has 0 amide bonds. The Morgan fingerprint density at radius 2 is 2.06 bits per heavy atom. The van der Waals surface area contributed by atoms with E-state index in [4.69, 9.17) is 6.42 Å². The number of ketones is 1. The fourth-order valence-corrected chi connectivity index (χ4v) is 1.74. The Morgan fingerprint density at radius 3 is 2.53 bits per heavy atom. The molecule has 0 aliphatic heterocycles. The molecular weight excluding hydrogens is 217 g/mol. The predicted octanol–water partition coefficient (Wildman–Crippen LogP) is 2.41. The van der Waals surface area contributed by atoms with Gasteiger partial charge < -0.3 is 0 Å². The number of carbonyl (C=O) groups is 1. The Morgan fingerprint density at radius 1 is 1.47 bits per heavy atom. The van der Waals surface area contributed by atoms with Gasteiger partial charge in [0, 0.05) is 12.5 Å². The number of rotatable bonds is 5. The number of halogens is 1. The van der Waals surface area contributed by atoms with Crippen LogP contribution < -0.4 is 0 Å². The van der Waals surface area contributed by atoms with E-state index in [1.807, 2.05) is 11.9 Å². The van der Waals surface area contributed by atoms with Gasteiger partial charge in [-0.15, -0.1) is 6.42 Å². The highest BCUT2D eigenvalue weighted by molar-refractivity contribution is 5.76. The molecule has 3 heteroatoms. The Bertz CT molecular complexity index is 419. The number of nitrogens with zero attached hydrogens (tertiary/aromatic N) is 1. The summed E-state index contributed by atoms with van der Waals surface area (Å²) in [5, 5.41) is 0. The first-order chi connectivity index (χ1) is 8.04. The lowest BCUT2D eigenvalue weighted by molar-refractivity contribution is -0.118. The maximum absolute atomic E-state index is 12.8. The summed E-state index contributed by atoms with van der Waals surface area (Å²) in [5.41, 5.74) is 0.902. The molecule has 1 unspecified atom stereocenters. The quantitative estimate of drug-likeness (QED) is 0.728. The first kappa shape index (κ1) is 13.4. The number of carbonyl (C=O) groups excluding carboxylic acids is 1. The van der Waals surface area contributed by atoms with Crippen molar-refractivity contribution in [1.29, 1.82) is 0 Å². The van der Waals surface area contributed by atoms with Crippen LogP contribution in [0.1, 0.15) is 24.9 Å². The van der Waals surface area contributed by atoms with Crippen LogP contribution in [0, 0.1) is 18.2 Å². The molecule has 0 aromatic heterocycles. The third-order valence-electron chi connectivity index (χ3n) is 2.61. The largest absolute Gasteiger partial charge is 0.300 e. The average molecular weight is 233 g/mol. The van der Waals surface area contributed by atoms with Crippen molar-refractivity contribution >= 4 is 5.78 Å². The molecule has 0 aliphatic rings. The van der Waals surface area contributed by atoms with E-state index in [0.29, 0.717) is 13.0 Å². The summed E-state index contributed by atoms with van der Waals surface area (Å²) in [6, 6.07) is 6.08. The van der Waals surface area contributed by atoms with E-state index in [-0.39, 0.29) is 17.6 Å². The van der Waals surface area contributed by atoms with Crippen LogP contribution in [-0.4, -0.2) is 24.3 Å². The lowest BCUT2D eigenvalue weighted by atomic mass is 10.0. The van der Waals surface area contributed by atoms with Gasteiger partial charge in [0.15, 0.2) is 0 Å². The highest BCUT2D eigenvalue weighted by Crippen LogP contribution is 2.23. The molecule has 1 atom stereocenters. The number of benzene rings is 1. The SMILES string of the molecule is C#CCN(C)C(CC(C)=O)c1ccc(F)cc1. The van der Waals surface area contributed by atoms with E-state index < -0.39 is 0 Å². The molecule has 0 saturated heterocycles. The minimum Gasteiger partial charge on any atom is -0.300 e. The Hall–Kier alpha value is -1.66. The van der Waals surface area contributed by atoms with E-state index in [9.17, 15) is 9.18 Å². The van der Waals surface area contributed by atoms with Gasteiger partial charge in [0.05, 0.1) is 6.54 Å². The van der Waals surface area contributed by atoms with Crippen molar-refractivity contribution in [2.24, 2.45) is 0 Å². The molecule has 0 saturated carbocycles. The molecular formula is C14H16FNO. The van der Waals surface area contributed by atoms with Gasteiger partial charge in [-0.3, -0.25) is 9.69 Å². The number of terminal acetylenes is 1. The van der Waals surface area contributed by atoms with Gasteiger partial charge in [0.2, 0.25) is 0 Å². The summed E-state index contributed by atoms with van der Waals surface area (Å²) in [6.45, 7) is 2.00. The molecule has 1 aromatic rings. The van der Waals surface area contributed by atoms with Gasteiger partial charge in [-0.25, -0.2) is 4.39 Å². The zero-order valence-electron chi connectivity index (χ0n) is 10.1. The van der Waals surface area contributed by atoms with Gasteiger partial charge in [-0.1, -0.05) is 18.1 Å². The third kappa shape index (κ3) is 4.01. The predicted molar refractivity (Wildman–Crippen MR) is 65.9 cm³/mol. The second-order valence-corrected chi connectivity index (χ2v) is 4.09. The molecule has 2 nitrogen and oxygen atoms in total. The summed E-state index contributed by atoms with van der Waals surface area (Å²) in [6.07, 6.45) is 5.64. The maximum atomic E-state index is 12.8. The molecule has 0 heterocycles. The van der Waals surface area contributed by atoms with Crippen molar-refractivity contribution in [2.75, 3.05) is 13.6 Å². The highest BCUT2D eigenvalue weighted by atomic mass is 19.1. The zero-order valence-corrected chi connectivity index (χ0v) is 10.1. The molecule has 17 heavy (non-hydrogen) atoms. The minimum atomic E-state index is -0.282. The fourth-order valence-electron chi connectivity index (χ4n) is 1.74. The number of hydrogen-bond donors (Lipinski definition) is 0. The van der Waals surface area contributed by atoms with Crippen LogP contribution in [0.4, 0.5) is 4.39 Å². The van der Waals surface area contributed by atoms with E-state index in [0.717, 1.165) is 5.56 Å². The number of Topliss-reactive ketones (excluding diaryl/α,β-unsaturated/α-hetero) is 1. The van der Waals surface area contributed by atoms with Crippen LogP contribution in [0.2, 0.25) is 0 Å². The normalized spacial score (nSPS) is 12.2. The monoisotopic (exact) mass is 233 g/mol. The molecule has 1 rings (SSSR count). The van der Waals surface area contributed by atoms with E-state index in [1.54, 1.807) is 19.1 Å². The van der Waals surface area contributed by atoms with Crippen LogP contribution in [0.25, 0.3) is 0 Å². The molecule has 0 fully saturated rings. The van der Waals surface area contributed by atoms with Crippen molar-refractivity contribution in [1.82, 2.24) is 4.90 Å². The first-order valence-corrected chi connectivity index (χ1v) is 5.43. The number of hydrogen-bond acceptors (Lipinski definition) is 2. The summed E-state index contributed by atoms with van der Waals surface area (Å²) >= 11 is 0. The topological polar surface area (TPSA) is 20.3 Å². The van der Waals surface area contributed by atoms with Gasteiger partial charge >= 0.3 is 0 Å². The Labute approximate surface area is 101 Å². The Kier molecular flexibility index (Phi) is 4.86. The molecule has 1 aromatic carbocycles. The minimum absolute atomic E-state index is 0.0863. The Balaban J connectivity index is 2.93. The standard InChI is InChI=1S/C14H16FNO/c1-4-9-16(3)14(10-11(2)17)12-5-7-13(15)8-6-12/h1,5-8,14H,9-10H2,2-3H3. The van der Waals surface area contributed by atoms with Crippen molar-refractivity contribution < 1.29 is 9.18 Å². The third-order valence-corrected chi connectivity index (χ3v) is 2.61. The van der Waals surface area contributed by atoms with Crippen LogP contribution in [-0.2, 0) is 4.79 Å². The van der Waals surface area contributed by atoms with Crippen molar-refractivity contribution in [3.63, 3.8) is 0 Å². The summed E-state index contributed by atoms with van der Waals surface area (Å²) in [4.78, 5) is 13.2. The second-order valence-electron chi connectivity index (χ2n) is 4.09. The maximum Gasteiger partial charge on any atom is 0.131 e. The van der Waals surface area contributed by atoms with Gasteiger partial charge in [-0.05, 0) is 31.7 Å². The zero-order chi connectivity index (χ0) is 12.8. The lowest BCUT2D eigenvalue weighted by Gasteiger charge is -2.26. The van der Waals surface area contributed by atoms with E-state index >= 15 is 0 Å². The van der Waals surface area contributed by atoms with Gasteiger partial charge in [0.25, 0.3) is 0 Å². The second kappa shape index (κ2) is 6.17. The molecule has 0 radical (unpaired) electrons. The van der Waals surface area contributed by atoms with Crippen LogP contribution in [0.15, 0.2) is 24.3 Å². The summed E-state index contributed by atoms with van der Waals surface area (Å²) < 4.78 is 12.8. The molecule has 0 N–H and O–H groups in total. The van der Waals surface area contributed by atoms with Crippen molar-refractivity contribution in [3.05, 3.63) is 35.6 Å². The molecule has 90 valence electrons. The first-order valence-electron chi connectivity index (χ1n) is 5.43. The smallest absolute Gasteiger partial charge is 0.131 e. The fraction of sp³-hybridized carbons (Fsp3) is 0.357. The van der Waals surface area contributed by atoms with Crippen LogP contribution in [0.5, 0.6) is 0 Å². The lowest BCUT2D eigenvalue weighted by Crippen LogP contribution is -2.26.